The zero-order valence-electron chi connectivity index (χ0n) is 14.2. The Morgan fingerprint density at radius 1 is 1.08 bits per heavy atom. The molecular formula is C20H24ClN3O. The number of nitrogens with zero attached hydrogens (tertiary/aromatic N) is 1. The van der Waals surface area contributed by atoms with Gasteiger partial charge in [0.1, 0.15) is 0 Å². The van der Waals surface area contributed by atoms with Gasteiger partial charge in [0, 0.05) is 36.4 Å². The van der Waals surface area contributed by atoms with Crippen LogP contribution < -0.4 is 15.5 Å². The maximum atomic E-state index is 12.1. The first kappa shape index (κ1) is 17.6. The number of urea groups is 1. The summed E-state index contributed by atoms with van der Waals surface area (Å²) in [5.41, 5.74) is 2.39. The predicted molar refractivity (Wildman–Crippen MR) is 103 cm³/mol. The molecule has 1 saturated heterocycles. The van der Waals surface area contributed by atoms with E-state index >= 15 is 0 Å². The zero-order valence-corrected chi connectivity index (χ0v) is 15.0. The first-order valence-electron chi connectivity index (χ1n) is 8.79. The summed E-state index contributed by atoms with van der Waals surface area (Å²) in [5, 5.41) is 6.75. The second kappa shape index (κ2) is 8.77. The van der Waals surface area contributed by atoms with Crippen LogP contribution in [0.25, 0.3) is 0 Å². The topological polar surface area (TPSA) is 44.4 Å². The number of para-hydroxylation sites is 1. The fourth-order valence-corrected chi connectivity index (χ4v) is 3.38. The molecule has 0 saturated carbocycles. The van der Waals surface area contributed by atoms with Crippen LogP contribution in [0.1, 0.15) is 18.4 Å². The van der Waals surface area contributed by atoms with Crippen LogP contribution in [0, 0.1) is 0 Å². The molecule has 4 nitrogen and oxygen atoms in total. The number of carbonyl (C=O) groups excluding carboxylic acids is 1. The molecule has 2 aromatic rings. The van der Waals surface area contributed by atoms with Gasteiger partial charge >= 0.3 is 6.03 Å². The van der Waals surface area contributed by atoms with Gasteiger partial charge in [0.25, 0.3) is 0 Å². The summed E-state index contributed by atoms with van der Waals surface area (Å²) in [5.74, 6) is 0. The average molecular weight is 358 g/mol. The van der Waals surface area contributed by atoms with E-state index in [1.807, 2.05) is 30.3 Å². The second-order valence-electron chi connectivity index (χ2n) is 6.38. The van der Waals surface area contributed by atoms with Gasteiger partial charge < -0.3 is 15.5 Å². The Labute approximate surface area is 154 Å². The van der Waals surface area contributed by atoms with Crippen LogP contribution in [0.15, 0.2) is 54.6 Å². The molecule has 2 aromatic carbocycles. The number of benzene rings is 2. The van der Waals surface area contributed by atoms with Crippen molar-refractivity contribution in [2.45, 2.75) is 25.3 Å². The third-order valence-electron chi connectivity index (χ3n) is 4.54. The predicted octanol–water partition coefficient (Wildman–Crippen LogP) is 3.85. The van der Waals surface area contributed by atoms with Gasteiger partial charge in [-0.05, 0) is 49.1 Å². The van der Waals surface area contributed by atoms with Crippen LogP contribution in [-0.2, 0) is 6.42 Å². The summed E-state index contributed by atoms with van der Waals surface area (Å²) in [7, 11) is 0. The first-order chi connectivity index (χ1) is 12.2. The molecule has 0 atom stereocenters. The van der Waals surface area contributed by atoms with E-state index in [2.05, 4.69) is 39.8 Å². The molecule has 0 spiro atoms. The maximum Gasteiger partial charge on any atom is 0.315 e. The lowest BCUT2D eigenvalue weighted by molar-refractivity contribution is 0.234. The minimum atomic E-state index is -0.0832. The number of halogens is 1. The maximum absolute atomic E-state index is 12.1. The van der Waals surface area contributed by atoms with E-state index < -0.39 is 0 Å². The zero-order chi connectivity index (χ0) is 17.5. The Kier molecular flexibility index (Phi) is 6.18. The molecule has 1 heterocycles. The molecule has 0 bridgehead atoms. The molecule has 1 fully saturated rings. The highest BCUT2D eigenvalue weighted by molar-refractivity contribution is 6.30. The highest BCUT2D eigenvalue weighted by atomic mass is 35.5. The van der Waals surface area contributed by atoms with E-state index in [1.54, 1.807) is 0 Å². The second-order valence-corrected chi connectivity index (χ2v) is 6.81. The van der Waals surface area contributed by atoms with Crippen LogP contribution in [0.5, 0.6) is 0 Å². The molecule has 0 unspecified atom stereocenters. The molecule has 0 aromatic heterocycles. The summed E-state index contributed by atoms with van der Waals surface area (Å²) >= 11 is 5.97. The molecule has 3 rings (SSSR count). The van der Waals surface area contributed by atoms with Gasteiger partial charge in [0.2, 0.25) is 0 Å². The minimum Gasteiger partial charge on any atom is -0.371 e. The highest BCUT2D eigenvalue weighted by Crippen LogP contribution is 2.19. The van der Waals surface area contributed by atoms with Gasteiger partial charge in [0.05, 0.1) is 0 Å². The van der Waals surface area contributed by atoms with Crippen LogP contribution in [0.3, 0.4) is 0 Å². The van der Waals surface area contributed by atoms with Gasteiger partial charge in [-0.25, -0.2) is 4.79 Å². The average Bonchev–Trinajstić information content (AvgIpc) is 2.63. The quantitative estimate of drug-likeness (QED) is 0.853. The summed E-state index contributed by atoms with van der Waals surface area (Å²) in [6.07, 6.45) is 2.72. The number of hydrogen-bond donors (Lipinski definition) is 2. The summed E-state index contributed by atoms with van der Waals surface area (Å²) in [4.78, 5) is 14.4. The normalized spacial score (nSPS) is 15.0. The molecule has 0 radical (unpaired) electrons. The molecule has 2 N–H and O–H groups in total. The Balaban J connectivity index is 1.36. The van der Waals surface area contributed by atoms with E-state index in [0.717, 1.165) is 42.9 Å². The Hall–Kier alpha value is -2.20. The van der Waals surface area contributed by atoms with Crippen molar-refractivity contribution in [2.75, 3.05) is 24.5 Å². The van der Waals surface area contributed by atoms with E-state index in [1.165, 1.54) is 5.69 Å². The van der Waals surface area contributed by atoms with E-state index in [4.69, 9.17) is 11.6 Å². The van der Waals surface area contributed by atoms with Crippen LogP contribution in [0.2, 0.25) is 5.02 Å². The van der Waals surface area contributed by atoms with Crippen molar-refractivity contribution in [1.82, 2.24) is 10.6 Å². The summed E-state index contributed by atoms with van der Waals surface area (Å²) in [6.45, 7) is 2.55. The van der Waals surface area contributed by atoms with Crippen molar-refractivity contribution in [3.05, 3.63) is 65.2 Å². The molecule has 0 aliphatic carbocycles. The van der Waals surface area contributed by atoms with E-state index in [0.29, 0.717) is 6.54 Å². The van der Waals surface area contributed by atoms with Crippen LogP contribution in [0.4, 0.5) is 10.5 Å². The minimum absolute atomic E-state index is 0.0832. The molecule has 132 valence electrons. The third kappa shape index (κ3) is 5.40. The first-order valence-corrected chi connectivity index (χ1v) is 9.17. The Morgan fingerprint density at radius 3 is 2.56 bits per heavy atom. The number of amides is 2. The van der Waals surface area contributed by atoms with Gasteiger partial charge in [0.15, 0.2) is 0 Å². The SMILES string of the molecule is O=C(NCCc1cccc(Cl)c1)NC1CCN(c2ccccc2)CC1. The van der Waals surface area contributed by atoms with Crippen molar-refractivity contribution in [3.63, 3.8) is 0 Å². The largest absolute Gasteiger partial charge is 0.371 e. The monoisotopic (exact) mass is 357 g/mol. The number of hydrogen-bond acceptors (Lipinski definition) is 2. The molecular weight excluding hydrogens is 334 g/mol. The molecule has 5 heteroatoms. The Morgan fingerprint density at radius 2 is 1.84 bits per heavy atom. The summed E-state index contributed by atoms with van der Waals surface area (Å²) in [6, 6.07) is 18.3. The Bertz CT molecular complexity index is 684. The number of piperidine rings is 1. The van der Waals surface area contributed by atoms with Crippen LogP contribution >= 0.6 is 11.6 Å². The van der Waals surface area contributed by atoms with Crippen molar-refractivity contribution in [2.24, 2.45) is 0 Å². The molecule has 2 amide bonds. The van der Waals surface area contributed by atoms with Crippen molar-refractivity contribution < 1.29 is 4.79 Å². The van der Waals surface area contributed by atoms with Gasteiger partial charge in [-0.3, -0.25) is 0 Å². The third-order valence-corrected chi connectivity index (χ3v) is 4.77. The standard InChI is InChI=1S/C20H24ClN3O/c21-17-6-4-5-16(15-17)9-12-22-20(25)23-18-10-13-24(14-11-18)19-7-2-1-3-8-19/h1-8,15,18H,9-14H2,(H2,22,23,25). The molecule has 1 aliphatic heterocycles. The molecule has 1 aliphatic rings. The van der Waals surface area contributed by atoms with Crippen LogP contribution in [-0.4, -0.2) is 31.7 Å². The highest BCUT2D eigenvalue weighted by Gasteiger charge is 2.20. The van der Waals surface area contributed by atoms with Gasteiger partial charge in [-0.2, -0.15) is 0 Å². The van der Waals surface area contributed by atoms with Crippen molar-refractivity contribution in [3.8, 4) is 0 Å². The van der Waals surface area contributed by atoms with E-state index in [-0.39, 0.29) is 12.1 Å². The fraction of sp³-hybridized carbons (Fsp3) is 0.350. The number of carbonyl (C=O) groups is 1. The number of rotatable bonds is 5. The number of nitrogens with one attached hydrogen (secondary N) is 2. The van der Waals surface area contributed by atoms with Gasteiger partial charge in [-0.15, -0.1) is 0 Å². The fourth-order valence-electron chi connectivity index (χ4n) is 3.17. The van der Waals surface area contributed by atoms with Crippen molar-refractivity contribution >= 4 is 23.3 Å². The summed E-state index contributed by atoms with van der Waals surface area (Å²) < 4.78 is 0. The van der Waals surface area contributed by atoms with Crippen molar-refractivity contribution in [1.29, 1.82) is 0 Å². The molecule has 25 heavy (non-hydrogen) atoms. The lowest BCUT2D eigenvalue weighted by Gasteiger charge is -2.34. The van der Waals surface area contributed by atoms with Gasteiger partial charge in [-0.1, -0.05) is 41.9 Å². The number of anilines is 1. The lowest BCUT2D eigenvalue weighted by Crippen LogP contribution is -2.48. The lowest BCUT2D eigenvalue weighted by atomic mass is 10.0. The smallest absolute Gasteiger partial charge is 0.315 e. The van der Waals surface area contributed by atoms with E-state index in [9.17, 15) is 4.79 Å².